The van der Waals surface area contributed by atoms with Gasteiger partial charge in [-0.1, -0.05) is 20.8 Å². The second-order valence-electron chi connectivity index (χ2n) is 6.28. The summed E-state index contributed by atoms with van der Waals surface area (Å²) in [6, 6.07) is -0.130. The van der Waals surface area contributed by atoms with Crippen LogP contribution in [0.3, 0.4) is 0 Å². The van der Waals surface area contributed by atoms with Gasteiger partial charge in [0.05, 0.1) is 12.0 Å². The van der Waals surface area contributed by atoms with Crippen LogP contribution < -0.4 is 5.32 Å². The van der Waals surface area contributed by atoms with Gasteiger partial charge in [0.25, 0.3) is 0 Å². The van der Waals surface area contributed by atoms with Crippen LogP contribution in [0.4, 0.5) is 4.79 Å². The maximum Gasteiger partial charge on any atom is 0.317 e. The molecule has 1 saturated carbocycles. The summed E-state index contributed by atoms with van der Waals surface area (Å²) in [4.78, 5) is 24.7. The molecule has 0 spiro atoms. The predicted molar refractivity (Wildman–Crippen MR) is 80.2 cm³/mol. The number of aliphatic carboxylic acids is 1. The average Bonchev–Trinajstić information content (AvgIpc) is 2.42. The molecule has 0 aromatic heterocycles. The molecule has 0 aliphatic heterocycles. The Morgan fingerprint density at radius 3 is 2.48 bits per heavy atom. The van der Waals surface area contributed by atoms with Crippen LogP contribution in [0.1, 0.15) is 41.0 Å². The number of ether oxygens (including phenoxy) is 1. The molecule has 122 valence electrons. The molecule has 0 heterocycles. The van der Waals surface area contributed by atoms with Crippen LogP contribution in [0, 0.1) is 11.3 Å². The molecular formula is C15H28N2O4. The Balaban J connectivity index is 2.54. The Hall–Kier alpha value is -1.30. The molecule has 1 aliphatic carbocycles. The number of carbonyl (C=O) groups is 2. The Morgan fingerprint density at radius 2 is 2.05 bits per heavy atom. The molecule has 6 heteroatoms. The van der Waals surface area contributed by atoms with E-state index >= 15 is 0 Å². The Kier molecular flexibility index (Phi) is 6.01. The molecule has 21 heavy (non-hydrogen) atoms. The summed E-state index contributed by atoms with van der Waals surface area (Å²) in [7, 11) is 0. The molecule has 0 radical (unpaired) electrons. The van der Waals surface area contributed by atoms with Gasteiger partial charge in [-0.2, -0.15) is 0 Å². The quantitative estimate of drug-likeness (QED) is 0.753. The van der Waals surface area contributed by atoms with Gasteiger partial charge in [0, 0.05) is 31.2 Å². The number of urea groups is 1. The third-order valence-corrected chi connectivity index (χ3v) is 4.43. The van der Waals surface area contributed by atoms with E-state index in [1.807, 2.05) is 13.8 Å². The van der Waals surface area contributed by atoms with Gasteiger partial charge >= 0.3 is 12.0 Å². The zero-order chi connectivity index (χ0) is 16.2. The number of carboxylic acids is 1. The van der Waals surface area contributed by atoms with Gasteiger partial charge in [0.2, 0.25) is 0 Å². The topological polar surface area (TPSA) is 78.9 Å². The molecule has 0 saturated heterocycles. The van der Waals surface area contributed by atoms with Crippen molar-refractivity contribution in [3.8, 4) is 0 Å². The second-order valence-corrected chi connectivity index (χ2v) is 6.28. The minimum absolute atomic E-state index is 0.0655. The number of amides is 2. The molecular weight excluding hydrogens is 272 g/mol. The van der Waals surface area contributed by atoms with E-state index in [1.165, 1.54) is 0 Å². The van der Waals surface area contributed by atoms with Crippen LogP contribution in [0.25, 0.3) is 0 Å². The van der Waals surface area contributed by atoms with Crippen LogP contribution in [0.2, 0.25) is 0 Å². The Bertz CT molecular complexity index is 384. The lowest BCUT2D eigenvalue weighted by Gasteiger charge is -2.51. The molecule has 6 nitrogen and oxygen atoms in total. The first kappa shape index (κ1) is 17.8. The minimum Gasteiger partial charge on any atom is -0.481 e. The SMILES string of the molecule is CCOC1CC(NC(=O)N(CC)CC(C)C(=O)O)C1(C)C. The summed E-state index contributed by atoms with van der Waals surface area (Å²) in [5.74, 6) is -1.46. The Morgan fingerprint density at radius 1 is 1.43 bits per heavy atom. The lowest BCUT2D eigenvalue weighted by atomic mass is 9.64. The predicted octanol–water partition coefficient (Wildman–Crippen LogP) is 1.94. The zero-order valence-electron chi connectivity index (χ0n) is 13.7. The van der Waals surface area contributed by atoms with E-state index in [1.54, 1.807) is 11.8 Å². The van der Waals surface area contributed by atoms with Gasteiger partial charge < -0.3 is 20.1 Å². The third kappa shape index (κ3) is 4.09. The highest BCUT2D eigenvalue weighted by molar-refractivity contribution is 5.76. The molecule has 0 aromatic carbocycles. The van der Waals surface area contributed by atoms with Crippen LogP contribution in [0.5, 0.6) is 0 Å². The maximum atomic E-state index is 12.3. The molecule has 3 unspecified atom stereocenters. The molecule has 1 aliphatic rings. The van der Waals surface area contributed by atoms with Gasteiger partial charge in [-0.3, -0.25) is 4.79 Å². The highest BCUT2D eigenvalue weighted by atomic mass is 16.5. The Labute approximate surface area is 126 Å². The van der Waals surface area contributed by atoms with Crippen LogP contribution in [-0.2, 0) is 9.53 Å². The molecule has 3 atom stereocenters. The van der Waals surface area contributed by atoms with E-state index in [0.29, 0.717) is 13.2 Å². The number of carbonyl (C=O) groups excluding carboxylic acids is 1. The molecule has 1 fully saturated rings. The summed E-state index contributed by atoms with van der Waals surface area (Å²) in [5.41, 5.74) is -0.0938. The lowest BCUT2D eigenvalue weighted by Crippen LogP contribution is -2.63. The second kappa shape index (κ2) is 7.11. The average molecular weight is 300 g/mol. The smallest absolute Gasteiger partial charge is 0.317 e. The van der Waals surface area contributed by atoms with E-state index in [9.17, 15) is 9.59 Å². The van der Waals surface area contributed by atoms with E-state index in [4.69, 9.17) is 9.84 Å². The van der Waals surface area contributed by atoms with E-state index in [-0.39, 0.29) is 30.1 Å². The summed E-state index contributed by atoms with van der Waals surface area (Å²) in [5, 5.41) is 12.0. The van der Waals surface area contributed by atoms with Crippen LogP contribution in [-0.4, -0.2) is 53.8 Å². The van der Waals surface area contributed by atoms with E-state index in [2.05, 4.69) is 19.2 Å². The van der Waals surface area contributed by atoms with Crippen molar-refractivity contribution < 1.29 is 19.4 Å². The fourth-order valence-electron chi connectivity index (χ4n) is 2.62. The van der Waals surface area contributed by atoms with Crippen molar-refractivity contribution in [1.82, 2.24) is 10.2 Å². The summed E-state index contributed by atoms with van der Waals surface area (Å²) in [6.45, 7) is 11.0. The van der Waals surface area contributed by atoms with E-state index in [0.717, 1.165) is 6.42 Å². The van der Waals surface area contributed by atoms with Gasteiger partial charge in [-0.05, 0) is 20.3 Å². The zero-order valence-corrected chi connectivity index (χ0v) is 13.7. The van der Waals surface area contributed by atoms with Crippen molar-refractivity contribution >= 4 is 12.0 Å². The van der Waals surface area contributed by atoms with Gasteiger partial charge in [0.1, 0.15) is 0 Å². The minimum atomic E-state index is -0.887. The fourth-order valence-corrected chi connectivity index (χ4v) is 2.62. The molecule has 2 amide bonds. The normalized spacial score (nSPS) is 24.8. The van der Waals surface area contributed by atoms with Crippen molar-refractivity contribution in [2.24, 2.45) is 11.3 Å². The summed E-state index contributed by atoms with van der Waals surface area (Å²) >= 11 is 0. The fraction of sp³-hybridized carbons (Fsp3) is 0.867. The lowest BCUT2D eigenvalue weighted by molar-refractivity contribution is -0.141. The first-order valence-electron chi connectivity index (χ1n) is 7.63. The largest absolute Gasteiger partial charge is 0.481 e. The highest BCUT2D eigenvalue weighted by Crippen LogP contribution is 2.42. The van der Waals surface area contributed by atoms with Crippen molar-refractivity contribution in [2.75, 3.05) is 19.7 Å². The van der Waals surface area contributed by atoms with Gasteiger partial charge in [0.15, 0.2) is 0 Å². The molecule has 2 N–H and O–H groups in total. The number of carboxylic acid groups (broad SMARTS) is 1. The number of hydrogen-bond donors (Lipinski definition) is 2. The van der Waals surface area contributed by atoms with Crippen molar-refractivity contribution in [3.63, 3.8) is 0 Å². The highest BCUT2D eigenvalue weighted by Gasteiger charge is 2.49. The molecule has 0 bridgehead atoms. The molecule has 1 rings (SSSR count). The third-order valence-electron chi connectivity index (χ3n) is 4.43. The monoisotopic (exact) mass is 300 g/mol. The number of rotatable bonds is 7. The molecule has 0 aromatic rings. The van der Waals surface area contributed by atoms with Crippen molar-refractivity contribution in [3.05, 3.63) is 0 Å². The number of nitrogens with zero attached hydrogens (tertiary/aromatic N) is 1. The van der Waals surface area contributed by atoms with Crippen molar-refractivity contribution in [1.29, 1.82) is 0 Å². The summed E-state index contributed by atoms with van der Waals surface area (Å²) < 4.78 is 5.65. The first-order valence-corrected chi connectivity index (χ1v) is 7.63. The van der Waals surface area contributed by atoms with E-state index < -0.39 is 11.9 Å². The van der Waals surface area contributed by atoms with Crippen LogP contribution in [0.15, 0.2) is 0 Å². The van der Waals surface area contributed by atoms with Gasteiger partial charge in [-0.25, -0.2) is 4.79 Å². The van der Waals surface area contributed by atoms with Crippen molar-refractivity contribution in [2.45, 2.75) is 53.2 Å². The number of hydrogen-bond acceptors (Lipinski definition) is 3. The first-order chi connectivity index (χ1) is 9.73. The maximum absolute atomic E-state index is 12.3. The standard InChI is InChI=1S/C15H28N2O4/c1-6-17(9-10(3)13(18)19)14(20)16-11-8-12(21-7-2)15(11,4)5/h10-12H,6-9H2,1-5H3,(H,16,20)(H,18,19). The number of nitrogens with one attached hydrogen (secondary N) is 1. The van der Waals surface area contributed by atoms with Gasteiger partial charge in [-0.15, -0.1) is 0 Å². The van der Waals surface area contributed by atoms with Crippen LogP contribution >= 0.6 is 0 Å². The summed E-state index contributed by atoms with van der Waals surface area (Å²) in [6.07, 6.45) is 0.972.